The van der Waals surface area contributed by atoms with Gasteiger partial charge in [0, 0.05) is 18.8 Å². The number of nitrogen functional groups attached to an aromatic ring is 1. The summed E-state index contributed by atoms with van der Waals surface area (Å²) in [5.41, 5.74) is 8.78. The molecule has 2 N–H and O–H groups in total. The Morgan fingerprint density at radius 3 is 2.58 bits per heavy atom. The standard InChI is InChI=1S/C16H24N2O/c1-11-4-5-15(17)14(7-11)8-16(19)18-9-12(2)6-13(3)10-18/h4-5,7,12-13H,6,8-10,17H2,1-3H3/t12-,13-/m1/s1. The molecule has 1 aliphatic heterocycles. The fraction of sp³-hybridized carbons (Fsp3) is 0.562. The van der Waals surface area contributed by atoms with Gasteiger partial charge < -0.3 is 10.6 Å². The molecule has 0 spiro atoms. The fourth-order valence-corrected chi connectivity index (χ4v) is 3.03. The van der Waals surface area contributed by atoms with Crippen molar-refractivity contribution in [2.45, 2.75) is 33.6 Å². The maximum Gasteiger partial charge on any atom is 0.227 e. The molecule has 0 bridgehead atoms. The number of carbonyl (C=O) groups excluding carboxylic acids is 1. The van der Waals surface area contributed by atoms with Crippen LogP contribution in [0.5, 0.6) is 0 Å². The number of hydrogen-bond acceptors (Lipinski definition) is 2. The molecule has 19 heavy (non-hydrogen) atoms. The first-order chi connectivity index (χ1) is 8.95. The first-order valence-electron chi connectivity index (χ1n) is 7.08. The molecule has 0 radical (unpaired) electrons. The molecule has 0 aliphatic carbocycles. The minimum atomic E-state index is 0.204. The molecule has 104 valence electrons. The van der Waals surface area contributed by atoms with Crippen LogP contribution in [0.2, 0.25) is 0 Å². The molecule has 1 aliphatic rings. The summed E-state index contributed by atoms with van der Waals surface area (Å²) in [6.07, 6.45) is 1.64. The van der Waals surface area contributed by atoms with Crippen molar-refractivity contribution in [3.8, 4) is 0 Å². The van der Waals surface area contributed by atoms with E-state index in [1.54, 1.807) is 0 Å². The second kappa shape index (κ2) is 5.64. The lowest BCUT2D eigenvalue weighted by Crippen LogP contribution is -2.43. The lowest BCUT2D eigenvalue weighted by Gasteiger charge is -2.35. The average molecular weight is 260 g/mol. The molecule has 3 heteroatoms. The molecular weight excluding hydrogens is 236 g/mol. The van der Waals surface area contributed by atoms with Crippen LogP contribution < -0.4 is 5.73 Å². The number of amides is 1. The van der Waals surface area contributed by atoms with E-state index in [-0.39, 0.29) is 5.91 Å². The SMILES string of the molecule is Cc1ccc(N)c(CC(=O)N2C[C@H](C)C[C@@H](C)C2)c1. The van der Waals surface area contributed by atoms with Crippen LogP contribution in [0.4, 0.5) is 5.69 Å². The first-order valence-corrected chi connectivity index (χ1v) is 7.08. The van der Waals surface area contributed by atoms with Crippen LogP contribution >= 0.6 is 0 Å². The van der Waals surface area contributed by atoms with Crippen LogP contribution in [-0.4, -0.2) is 23.9 Å². The van der Waals surface area contributed by atoms with Crippen molar-refractivity contribution in [2.75, 3.05) is 18.8 Å². The van der Waals surface area contributed by atoms with E-state index < -0.39 is 0 Å². The lowest BCUT2D eigenvalue weighted by molar-refractivity contribution is -0.133. The van der Waals surface area contributed by atoms with Gasteiger partial charge in [0.25, 0.3) is 0 Å². The lowest BCUT2D eigenvalue weighted by atomic mass is 9.91. The van der Waals surface area contributed by atoms with E-state index in [1.165, 1.54) is 6.42 Å². The van der Waals surface area contributed by atoms with E-state index in [2.05, 4.69) is 13.8 Å². The van der Waals surface area contributed by atoms with Crippen molar-refractivity contribution in [1.82, 2.24) is 4.90 Å². The van der Waals surface area contributed by atoms with Gasteiger partial charge in [-0.05, 0) is 36.8 Å². The molecule has 3 nitrogen and oxygen atoms in total. The maximum atomic E-state index is 12.4. The van der Waals surface area contributed by atoms with Gasteiger partial charge in [-0.25, -0.2) is 0 Å². The van der Waals surface area contributed by atoms with Gasteiger partial charge in [-0.3, -0.25) is 4.79 Å². The molecule has 2 atom stereocenters. The number of aryl methyl sites for hydroxylation is 1. The zero-order valence-corrected chi connectivity index (χ0v) is 12.1. The van der Waals surface area contributed by atoms with Crippen LogP contribution in [0.25, 0.3) is 0 Å². The van der Waals surface area contributed by atoms with Crippen LogP contribution in [0.15, 0.2) is 18.2 Å². The third kappa shape index (κ3) is 3.49. The van der Waals surface area contributed by atoms with Crippen LogP contribution in [0.1, 0.15) is 31.4 Å². The highest BCUT2D eigenvalue weighted by Gasteiger charge is 2.25. The van der Waals surface area contributed by atoms with Crippen molar-refractivity contribution >= 4 is 11.6 Å². The minimum Gasteiger partial charge on any atom is -0.398 e. The number of nitrogens with two attached hydrogens (primary N) is 1. The predicted molar refractivity (Wildman–Crippen MR) is 78.8 cm³/mol. The number of nitrogens with zero attached hydrogens (tertiary/aromatic N) is 1. The highest BCUT2D eigenvalue weighted by Crippen LogP contribution is 2.22. The molecule has 1 aromatic carbocycles. The van der Waals surface area contributed by atoms with E-state index in [4.69, 9.17) is 5.73 Å². The smallest absolute Gasteiger partial charge is 0.227 e. The molecule has 1 saturated heterocycles. The third-order valence-corrected chi connectivity index (χ3v) is 3.86. The van der Waals surface area contributed by atoms with Gasteiger partial charge in [0.05, 0.1) is 6.42 Å². The fourth-order valence-electron chi connectivity index (χ4n) is 3.03. The van der Waals surface area contributed by atoms with E-state index in [0.29, 0.717) is 18.3 Å². The quantitative estimate of drug-likeness (QED) is 0.831. The Hall–Kier alpha value is -1.51. The summed E-state index contributed by atoms with van der Waals surface area (Å²) >= 11 is 0. The number of hydrogen-bond donors (Lipinski definition) is 1. The Labute approximate surface area is 115 Å². The molecule has 1 heterocycles. The molecule has 0 unspecified atom stereocenters. The molecule has 1 amide bonds. The van der Waals surface area contributed by atoms with Crippen molar-refractivity contribution in [3.63, 3.8) is 0 Å². The second-order valence-corrected chi connectivity index (χ2v) is 6.12. The number of rotatable bonds is 2. The van der Waals surface area contributed by atoms with E-state index in [0.717, 1.165) is 29.9 Å². The van der Waals surface area contributed by atoms with Gasteiger partial charge in [-0.2, -0.15) is 0 Å². The Morgan fingerprint density at radius 1 is 1.32 bits per heavy atom. The van der Waals surface area contributed by atoms with E-state index in [1.807, 2.05) is 30.0 Å². The van der Waals surface area contributed by atoms with Crippen molar-refractivity contribution in [3.05, 3.63) is 29.3 Å². The van der Waals surface area contributed by atoms with Gasteiger partial charge >= 0.3 is 0 Å². The van der Waals surface area contributed by atoms with Crippen molar-refractivity contribution in [1.29, 1.82) is 0 Å². The van der Waals surface area contributed by atoms with Crippen molar-refractivity contribution < 1.29 is 4.79 Å². The first kappa shape index (κ1) is 13.9. The largest absolute Gasteiger partial charge is 0.398 e. The Bertz CT molecular complexity index is 460. The third-order valence-electron chi connectivity index (χ3n) is 3.86. The topological polar surface area (TPSA) is 46.3 Å². The summed E-state index contributed by atoms with van der Waals surface area (Å²) < 4.78 is 0. The number of benzene rings is 1. The van der Waals surface area contributed by atoms with Crippen LogP contribution in [0, 0.1) is 18.8 Å². The monoisotopic (exact) mass is 260 g/mol. The zero-order valence-electron chi connectivity index (χ0n) is 12.1. The summed E-state index contributed by atoms with van der Waals surface area (Å²) in [5.74, 6) is 1.40. The molecule has 1 aromatic rings. The summed E-state index contributed by atoms with van der Waals surface area (Å²) in [5, 5.41) is 0. The van der Waals surface area contributed by atoms with Gasteiger partial charge in [0.1, 0.15) is 0 Å². The maximum absolute atomic E-state index is 12.4. The molecule has 0 saturated carbocycles. The van der Waals surface area contributed by atoms with Gasteiger partial charge in [0.15, 0.2) is 0 Å². The minimum absolute atomic E-state index is 0.204. The van der Waals surface area contributed by atoms with Crippen molar-refractivity contribution in [2.24, 2.45) is 11.8 Å². The molecule has 0 aromatic heterocycles. The number of carbonyl (C=O) groups is 1. The zero-order chi connectivity index (χ0) is 14.0. The summed E-state index contributed by atoms with van der Waals surface area (Å²) in [6.45, 7) is 8.23. The van der Waals surface area contributed by atoms with Gasteiger partial charge in [-0.15, -0.1) is 0 Å². The highest BCUT2D eigenvalue weighted by molar-refractivity contribution is 5.80. The Kier molecular flexibility index (Phi) is 4.13. The molecule has 1 fully saturated rings. The van der Waals surface area contributed by atoms with E-state index >= 15 is 0 Å². The highest BCUT2D eigenvalue weighted by atomic mass is 16.2. The van der Waals surface area contributed by atoms with Crippen LogP contribution in [0.3, 0.4) is 0 Å². The van der Waals surface area contributed by atoms with E-state index in [9.17, 15) is 4.79 Å². The second-order valence-electron chi connectivity index (χ2n) is 6.12. The van der Waals surface area contributed by atoms with Gasteiger partial charge in [0.2, 0.25) is 5.91 Å². The number of likely N-dealkylation sites (tertiary alicyclic amines) is 1. The number of piperidine rings is 1. The predicted octanol–water partition coefficient (Wildman–Crippen LogP) is 2.62. The molecule has 2 rings (SSSR count). The Morgan fingerprint density at radius 2 is 1.95 bits per heavy atom. The van der Waals surface area contributed by atoms with Crippen LogP contribution in [-0.2, 0) is 11.2 Å². The number of anilines is 1. The molecular formula is C16H24N2O. The summed E-state index contributed by atoms with van der Waals surface area (Å²) in [6, 6.07) is 5.89. The Balaban J connectivity index is 2.06. The van der Waals surface area contributed by atoms with Gasteiger partial charge in [-0.1, -0.05) is 31.5 Å². The summed E-state index contributed by atoms with van der Waals surface area (Å²) in [4.78, 5) is 14.4. The average Bonchev–Trinajstić information content (AvgIpc) is 2.32. The summed E-state index contributed by atoms with van der Waals surface area (Å²) in [7, 11) is 0. The normalized spacial score (nSPS) is 23.4.